The van der Waals surface area contributed by atoms with Crippen LogP contribution in [0.3, 0.4) is 0 Å². The maximum Gasteiger partial charge on any atom is 0.120 e. The molecule has 16 heavy (non-hydrogen) atoms. The number of ether oxygens (including phenoxy) is 1. The highest BCUT2D eigenvalue weighted by Gasteiger charge is 2.42. The smallest absolute Gasteiger partial charge is 0.120 e. The number of fused-ring (bicyclic) bond motifs is 2. The Bertz CT molecular complexity index is 270. The van der Waals surface area contributed by atoms with Crippen molar-refractivity contribution in [2.45, 2.75) is 39.0 Å². The summed E-state index contributed by atoms with van der Waals surface area (Å²) in [4.78, 5) is 10.1. The minimum Gasteiger partial charge on any atom is -0.381 e. The fourth-order valence-corrected chi connectivity index (χ4v) is 3.37. The van der Waals surface area contributed by atoms with E-state index in [1.807, 2.05) is 0 Å². The summed E-state index contributed by atoms with van der Waals surface area (Å²) < 4.78 is 5.68. The molecule has 3 atom stereocenters. The molecule has 0 heterocycles. The van der Waals surface area contributed by atoms with Crippen LogP contribution in [0.15, 0.2) is 11.6 Å². The second kappa shape index (κ2) is 5.62. The standard InChI is InChI=1S/C14H22O2/c1-2-12-7-11-8-13(14(12)9-11)10-16-6-4-3-5-15/h2,5,11,13-14H,3-4,6-10H2,1H3/t11-,13?,14+/m0/s1. The van der Waals surface area contributed by atoms with Gasteiger partial charge in [-0.25, -0.2) is 0 Å². The van der Waals surface area contributed by atoms with Gasteiger partial charge in [0.25, 0.3) is 0 Å². The average Bonchev–Trinajstić information content (AvgIpc) is 2.87. The molecule has 1 unspecified atom stereocenters. The van der Waals surface area contributed by atoms with E-state index >= 15 is 0 Å². The predicted molar refractivity (Wildman–Crippen MR) is 64.2 cm³/mol. The van der Waals surface area contributed by atoms with E-state index in [9.17, 15) is 4.79 Å². The topological polar surface area (TPSA) is 26.3 Å². The summed E-state index contributed by atoms with van der Waals surface area (Å²) in [5.41, 5.74) is 1.66. The van der Waals surface area contributed by atoms with Gasteiger partial charge in [-0.05, 0) is 50.4 Å². The van der Waals surface area contributed by atoms with Gasteiger partial charge in [-0.15, -0.1) is 0 Å². The van der Waals surface area contributed by atoms with Crippen LogP contribution in [0.4, 0.5) is 0 Å². The lowest BCUT2D eigenvalue weighted by molar-refractivity contribution is -0.108. The molecular formula is C14H22O2. The number of unbranched alkanes of at least 4 members (excludes halogenated alkanes) is 1. The van der Waals surface area contributed by atoms with E-state index in [0.717, 1.165) is 43.7 Å². The van der Waals surface area contributed by atoms with Crippen LogP contribution < -0.4 is 0 Å². The Morgan fingerprint density at radius 1 is 1.44 bits per heavy atom. The van der Waals surface area contributed by atoms with E-state index in [-0.39, 0.29) is 0 Å². The summed E-state index contributed by atoms with van der Waals surface area (Å²) in [5.74, 6) is 2.49. The highest BCUT2D eigenvalue weighted by molar-refractivity contribution is 5.48. The lowest BCUT2D eigenvalue weighted by Gasteiger charge is -2.24. The number of carbonyl (C=O) groups is 1. The molecule has 0 aromatic heterocycles. The summed E-state index contributed by atoms with van der Waals surface area (Å²) in [6.45, 7) is 3.81. The Morgan fingerprint density at radius 3 is 3.00 bits per heavy atom. The second-order valence-corrected chi connectivity index (χ2v) is 5.16. The molecule has 0 aromatic rings. The van der Waals surface area contributed by atoms with E-state index in [2.05, 4.69) is 13.0 Å². The van der Waals surface area contributed by atoms with Gasteiger partial charge < -0.3 is 9.53 Å². The Morgan fingerprint density at radius 2 is 2.31 bits per heavy atom. The third-order valence-electron chi connectivity index (χ3n) is 4.11. The number of rotatable bonds is 6. The van der Waals surface area contributed by atoms with Gasteiger partial charge in [0.1, 0.15) is 6.29 Å². The van der Waals surface area contributed by atoms with Crippen molar-refractivity contribution in [3.63, 3.8) is 0 Å². The zero-order chi connectivity index (χ0) is 11.4. The molecule has 2 rings (SSSR count). The molecule has 0 amide bonds. The molecule has 2 aliphatic rings. The molecule has 2 saturated carbocycles. The van der Waals surface area contributed by atoms with E-state index in [1.165, 1.54) is 19.3 Å². The highest BCUT2D eigenvalue weighted by atomic mass is 16.5. The Balaban J connectivity index is 1.69. The SMILES string of the molecule is CC=C1C[C@H]2CC(COCCCC=O)[C@@H]1C2. The number of allylic oxidation sites excluding steroid dienone is 2. The number of hydrogen-bond acceptors (Lipinski definition) is 2. The zero-order valence-electron chi connectivity index (χ0n) is 10.2. The second-order valence-electron chi connectivity index (χ2n) is 5.16. The summed E-state index contributed by atoms with van der Waals surface area (Å²) >= 11 is 0. The molecule has 90 valence electrons. The lowest BCUT2D eigenvalue weighted by atomic mass is 9.85. The first-order valence-corrected chi connectivity index (χ1v) is 6.51. The molecule has 2 bridgehead atoms. The molecule has 0 radical (unpaired) electrons. The molecule has 0 aliphatic heterocycles. The predicted octanol–water partition coefficient (Wildman–Crippen LogP) is 2.97. The van der Waals surface area contributed by atoms with Crippen LogP contribution in [0.1, 0.15) is 39.0 Å². The molecule has 2 fully saturated rings. The van der Waals surface area contributed by atoms with Gasteiger partial charge in [-0.1, -0.05) is 11.6 Å². The fraction of sp³-hybridized carbons (Fsp3) is 0.786. The van der Waals surface area contributed by atoms with Crippen LogP contribution in [-0.2, 0) is 9.53 Å². The van der Waals surface area contributed by atoms with E-state index < -0.39 is 0 Å². The molecule has 0 saturated heterocycles. The molecule has 0 aromatic carbocycles. The molecule has 2 nitrogen and oxygen atoms in total. The maximum atomic E-state index is 10.1. The van der Waals surface area contributed by atoms with E-state index in [0.29, 0.717) is 6.42 Å². The van der Waals surface area contributed by atoms with Gasteiger partial charge in [0, 0.05) is 19.6 Å². The molecule has 0 spiro atoms. The van der Waals surface area contributed by atoms with Gasteiger partial charge >= 0.3 is 0 Å². The number of hydrogen-bond donors (Lipinski definition) is 0. The average molecular weight is 222 g/mol. The van der Waals surface area contributed by atoms with Crippen molar-refractivity contribution in [3.05, 3.63) is 11.6 Å². The van der Waals surface area contributed by atoms with Crippen molar-refractivity contribution < 1.29 is 9.53 Å². The third-order valence-corrected chi connectivity index (χ3v) is 4.11. The third kappa shape index (κ3) is 2.54. The van der Waals surface area contributed by atoms with Gasteiger partial charge in [0.05, 0.1) is 0 Å². The van der Waals surface area contributed by atoms with Crippen LogP contribution in [0, 0.1) is 17.8 Å². The van der Waals surface area contributed by atoms with Gasteiger partial charge in [0.15, 0.2) is 0 Å². The lowest BCUT2D eigenvalue weighted by Crippen LogP contribution is -2.19. The van der Waals surface area contributed by atoms with E-state index in [1.54, 1.807) is 5.57 Å². The van der Waals surface area contributed by atoms with Crippen LogP contribution in [-0.4, -0.2) is 19.5 Å². The summed E-state index contributed by atoms with van der Waals surface area (Å²) in [6.07, 6.45) is 8.88. The molecule has 2 aliphatic carbocycles. The van der Waals surface area contributed by atoms with Gasteiger partial charge in [0.2, 0.25) is 0 Å². The minimum absolute atomic E-state index is 0.636. The fourth-order valence-electron chi connectivity index (χ4n) is 3.37. The minimum atomic E-state index is 0.636. The van der Waals surface area contributed by atoms with Crippen molar-refractivity contribution >= 4 is 6.29 Å². The normalized spacial score (nSPS) is 34.8. The van der Waals surface area contributed by atoms with Crippen molar-refractivity contribution in [1.82, 2.24) is 0 Å². The molecule has 0 N–H and O–H groups in total. The Hall–Kier alpha value is -0.630. The van der Waals surface area contributed by atoms with Crippen molar-refractivity contribution in [2.24, 2.45) is 17.8 Å². The van der Waals surface area contributed by atoms with Crippen LogP contribution in [0.5, 0.6) is 0 Å². The van der Waals surface area contributed by atoms with Crippen LogP contribution in [0.25, 0.3) is 0 Å². The molecule has 2 heteroatoms. The Kier molecular flexibility index (Phi) is 4.16. The van der Waals surface area contributed by atoms with Crippen molar-refractivity contribution in [2.75, 3.05) is 13.2 Å². The monoisotopic (exact) mass is 222 g/mol. The number of carbonyl (C=O) groups excluding carboxylic acids is 1. The first-order valence-electron chi connectivity index (χ1n) is 6.51. The summed E-state index contributed by atoms with van der Waals surface area (Å²) in [5, 5.41) is 0. The van der Waals surface area contributed by atoms with Gasteiger partial charge in [-0.2, -0.15) is 0 Å². The van der Waals surface area contributed by atoms with Gasteiger partial charge in [-0.3, -0.25) is 0 Å². The van der Waals surface area contributed by atoms with Crippen LogP contribution in [0.2, 0.25) is 0 Å². The van der Waals surface area contributed by atoms with E-state index in [4.69, 9.17) is 4.74 Å². The first-order chi connectivity index (χ1) is 7.85. The largest absolute Gasteiger partial charge is 0.381 e. The summed E-state index contributed by atoms with van der Waals surface area (Å²) in [7, 11) is 0. The zero-order valence-corrected chi connectivity index (χ0v) is 10.2. The maximum absolute atomic E-state index is 10.1. The quantitative estimate of drug-likeness (QED) is 0.392. The summed E-state index contributed by atoms with van der Waals surface area (Å²) in [6, 6.07) is 0. The Labute approximate surface area is 98.1 Å². The van der Waals surface area contributed by atoms with Crippen LogP contribution >= 0.6 is 0 Å². The number of aldehydes is 1. The first kappa shape index (κ1) is 11.8. The van der Waals surface area contributed by atoms with Crippen molar-refractivity contribution in [3.8, 4) is 0 Å². The molecular weight excluding hydrogens is 200 g/mol. The van der Waals surface area contributed by atoms with Crippen molar-refractivity contribution in [1.29, 1.82) is 0 Å². The highest BCUT2D eigenvalue weighted by Crippen LogP contribution is 2.51.